The molecule has 0 unspecified atom stereocenters. The fourth-order valence-electron chi connectivity index (χ4n) is 0.856. The third kappa shape index (κ3) is 1.73. The van der Waals surface area contributed by atoms with Crippen LogP contribution in [0.1, 0.15) is 18.0 Å². The smallest absolute Gasteiger partial charge is 0.111 e. The maximum Gasteiger partial charge on any atom is 0.111 e. The SMILES string of the molecule is N#CC[C@@H](N)c1cc[nH]c1Cl. The molecular weight excluding hydrogens is 162 g/mol. The van der Waals surface area contributed by atoms with Gasteiger partial charge in [0.1, 0.15) is 5.15 Å². The first-order valence-electron chi connectivity index (χ1n) is 3.21. The Bertz CT molecular complexity index is 273. The van der Waals surface area contributed by atoms with Crippen LogP contribution in [0, 0.1) is 11.3 Å². The number of hydrogen-bond donors (Lipinski definition) is 2. The predicted octanol–water partition coefficient (Wildman–Crippen LogP) is 1.58. The van der Waals surface area contributed by atoms with Crippen LogP contribution in [-0.4, -0.2) is 4.98 Å². The molecule has 0 saturated heterocycles. The van der Waals surface area contributed by atoms with E-state index in [4.69, 9.17) is 22.6 Å². The third-order valence-electron chi connectivity index (χ3n) is 1.44. The topological polar surface area (TPSA) is 65.6 Å². The molecule has 1 atom stereocenters. The van der Waals surface area contributed by atoms with Crippen molar-refractivity contribution in [1.82, 2.24) is 4.98 Å². The van der Waals surface area contributed by atoms with Gasteiger partial charge in [0.15, 0.2) is 0 Å². The number of nitriles is 1. The van der Waals surface area contributed by atoms with Crippen LogP contribution < -0.4 is 5.73 Å². The molecule has 0 fully saturated rings. The lowest BCUT2D eigenvalue weighted by Gasteiger charge is -2.03. The van der Waals surface area contributed by atoms with Crippen LogP contribution in [0.25, 0.3) is 0 Å². The molecule has 3 N–H and O–H groups in total. The van der Waals surface area contributed by atoms with Gasteiger partial charge in [-0.2, -0.15) is 5.26 Å². The van der Waals surface area contributed by atoms with E-state index >= 15 is 0 Å². The maximum absolute atomic E-state index is 8.34. The number of nitrogens with zero attached hydrogens (tertiary/aromatic N) is 1. The molecule has 3 nitrogen and oxygen atoms in total. The number of H-pyrrole nitrogens is 1. The van der Waals surface area contributed by atoms with E-state index in [0.29, 0.717) is 5.15 Å². The number of nitrogens with one attached hydrogen (secondary N) is 1. The minimum Gasteiger partial charge on any atom is -0.352 e. The first-order valence-corrected chi connectivity index (χ1v) is 3.59. The fraction of sp³-hybridized carbons (Fsp3) is 0.286. The van der Waals surface area contributed by atoms with Gasteiger partial charge in [0.05, 0.1) is 12.5 Å². The molecule has 0 amide bonds. The van der Waals surface area contributed by atoms with Crippen molar-refractivity contribution < 1.29 is 0 Å². The average Bonchev–Trinajstić information content (AvgIpc) is 2.36. The van der Waals surface area contributed by atoms with Crippen molar-refractivity contribution in [1.29, 1.82) is 5.26 Å². The van der Waals surface area contributed by atoms with Crippen molar-refractivity contribution in [3.05, 3.63) is 23.0 Å². The van der Waals surface area contributed by atoms with Gasteiger partial charge < -0.3 is 10.7 Å². The molecule has 0 aliphatic carbocycles. The Morgan fingerprint density at radius 3 is 3.00 bits per heavy atom. The number of halogens is 1. The number of aromatic amines is 1. The van der Waals surface area contributed by atoms with Crippen molar-refractivity contribution in [2.24, 2.45) is 5.73 Å². The van der Waals surface area contributed by atoms with Gasteiger partial charge in [0.25, 0.3) is 0 Å². The van der Waals surface area contributed by atoms with Crippen LogP contribution in [0.2, 0.25) is 5.15 Å². The molecule has 0 aliphatic heterocycles. The fourth-order valence-corrected chi connectivity index (χ4v) is 1.12. The lowest BCUT2D eigenvalue weighted by atomic mass is 10.1. The monoisotopic (exact) mass is 169 g/mol. The van der Waals surface area contributed by atoms with Gasteiger partial charge in [-0.3, -0.25) is 0 Å². The van der Waals surface area contributed by atoms with Crippen molar-refractivity contribution in [2.75, 3.05) is 0 Å². The molecule has 11 heavy (non-hydrogen) atoms. The van der Waals surface area contributed by atoms with E-state index in [0.717, 1.165) is 5.56 Å². The number of aromatic nitrogens is 1. The lowest BCUT2D eigenvalue weighted by Crippen LogP contribution is -2.08. The van der Waals surface area contributed by atoms with Crippen LogP contribution in [0.3, 0.4) is 0 Å². The molecule has 4 heteroatoms. The Morgan fingerprint density at radius 2 is 2.55 bits per heavy atom. The molecule has 0 bridgehead atoms. The van der Waals surface area contributed by atoms with Gasteiger partial charge in [0, 0.05) is 17.8 Å². The molecule has 0 radical (unpaired) electrons. The standard InChI is InChI=1S/C7H8ClN3/c8-7-5(2-4-11-7)6(10)1-3-9/h2,4,6,11H,1,10H2/t6-/m1/s1. The van der Waals surface area contributed by atoms with Crippen molar-refractivity contribution >= 4 is 11.6 Å². The molecule has 1 aromatic heterocycles. The second-order valence-electron chi connectivity index (χ2n) is 2.22. The summed E-state index contributed by atoms with van der Waals surface area (Å²) >= 11 is 5.73. The normalized spacial score (nSPS) is 12.5. The minimum absolute atomic E-state index is 0.279. The van der Waals surface area contributed by atoms with E-state index in [9.17, 15) is 0 Å². The quantitative estimate of drug-likeness (QED) is 0.706. The van der Waals surface area contributed by atoms with E-state index in [1.54, 1.807) is 12.3 Å². The van der Waals surface area contributed by atoms with Crippen LogP contribution >= 0.6 is 11.6 Å². The van der Waals surface area contributed by atoms with Gasteiger partial charge >= 0.3 is 0 Å². The predicted molar refractivity (Wildman–Crippen MR) is 43.0 cm³/mol. The highest BCUT2D eigenvalue weighted by Crippen LogP contribution is 2.21. The summed E-state index contributed by atoms with van der Waals surface area (Å²) in [4.78, 5) is 2.78. The van der Waals surface area contributed by atoms with Crippen molar-refractivity contribution in [3.63, 3.8) is 0 Å². The summed E-state index contributed by atoms with van der Waals surface area (Å²) in [5, 5.41) is 8.86. The largest absolute Gasteiger partial charge is 0.352 e. The molecule has 1 heterocycles. The Labute approximate surface area is 69.8 Å². The van der Waals surface area contributed by atoms with E-state index in [-0.39, 0.29) is 12.5 Å². The molecule has 0 spiro atoms. The lowest BCUT2D eigenvalue weighted by molar-refractivity contribution is 0.750. The first-order chi connectivity index (χ1) is 5.25. The first kappa shape index (κ1) is 8.12. The molecule has 0 aliphatic rings. The molecule has 58 valence electrons. The van der Waals surface area contributed by atoms with Gasteiger partial charge in [0.2, 0.25) is 0 Å². The Morgan fingerprint density at radius 1 is 1.82 bits per heavy atom. The molecule has 0 saturated carbocycles. The zero-order valence-electron chi connectivity index (χ0n) is 5.84. The summed E-state index contributed by atoms with van der Waals surface area (Å²) in [5.41, 5.74) is 6.42. The summed E-state index contributed by atoms with van der Waals surface area (Å²) in [7, 11) is 0. The molecule has 1 aromatic rings. The third-order valence-corrected chi connectivity index (χ3v) is 1.76. The Hall–Kier alpha value is -0.980. The number of hydrogen-bond acceptors (Lipinski definition) is 2. The summed E-state index contributed by atoms with van der Waals surface area (Å²) in [6.07, 6.45) is 1.99. The Kier molecular flexibility index (Phi) is 2.53. The molecular formula is C7H8ClN3. The van der Waals surface area contributed by atoms with Gasteiger partial charge in [-0.05, 0) is 6.07 Å². The van der Waals surface area contributed by atoms with E-state index in [1.807, 2.05) is 6.07 Å². The zero-order chi connectivity index (χ0) is 8.27. The summed E-state index contributed by atoms with van der Waals surface area (Å²) < 4.78 is 0. The van der Waals surface area contributed by atoms with E-state index in [1.165, 1.54) is 0 Å². The Balaban J connectivity index is 2.77. The highest BCUT2D eigenvalue weighted by Gasteiger charge is 2.09. The summed E-state index contributed by atoms with van der Waals surface area (Å²) in [5.74, 6) is 0. The highest BCUT2D eigenvalue weighted by atomic mass is 35.5. The van der Waals surface area contributed by atoms with Gasteiger partial charge in [-0.1, -0.05) is 11.6 Å². The van der Waals surface area contributed by atoms with E-state index < -0.39 is 0 Å². The van der Waals surface area contributed by atoms with Crippen molar-refractivity contribution in [3.8, 4) is 6.07 Å². The van der Waals surface area contributed by atoms with Crippen LogP contribution in [0.15, 0.2) is 12.3 Å². The number of rotatable bonds is 2. The molecule has 1 rings (SSSR count). The minimum atomic E-state index is -0.279. The van der Waals surface area contributed by atoms with Gasteiger partial charge in [-0.15, -0.1) is 0 Å². The summed E-state index contributed by atoms with van der Waals surface area (Å²) in [6.45, 7) is 0. The van der Waals surface area contributed by atoms with Crippen LogP contribution in [-0.2, 0) is 0 Å². The second-order valence-corrected chi connectivity index (χ2v) is 2.59. The second kappa shape index (κ2) is 3.42. The highest BCUT2D eigenvalue weighted by molar-refractivity contribution is 6.30. The van der Waals surface area contributed by atoms with Crippen molar-refractivity contribution in [2.45, 2.75) is 12.5 Å². The van der Waals surface area contributed by atoms with Crippen LogP contribution in [0.4, 0.5) is 0 Å². The maximum atomic E-state index is 8.34. The number of nitrogens with two attached hydrogens (primary N) is 1. The molecule has 0 aromatic carbocycles. The van der Waals surface area contributed by atoms with Crippen LogP contribution in [0.5, 0.6) is 0 Å². The van der Waals surface area contributed by atoms with Gasteiger partial charge in [-0.25, -0.2) is 0 Å². The van der Waals surface area contributed by atoms with E-state index in [2.05, 4.69) is 4.98 Å². The summed E-state index contributed by atoms with van der Waals surface area (Å²) in [6, 6.07) is 3.49. The zero-order valence-corrected chi connectivity index (χ0v) is 6.60. The average molecular weight is 170 g/mol.